The predicted octanol–water partition coefficient (Wildman–Crippen LogP) is 3.51. The van der Waals surface area contributed by atoms with Gasteiger partial charge >= 0.3 is 0 Å². The largest absolute Gasteiger partial charge is 0.337 e. The lowest BCUT2D eigenvalue weighted by Crippen LogP contribution is -1.96. The van der Waals surface area contributed by atoms with Crippen LogP contribution in [0.4, 0.5) is 0 Å². The number of nitrogens with two attached hydrogens (primary N) is 1. The van der Waals surface area contributed by atoms with Crippen molar-refractivity contribution in [1.29, 1.82) is 0 Å². The van der Waals surface area contributed by atoms with Crippen molar-refractivity contribution in [3.05, 3.63) is 39.7 Å². The molecule has 0 bridgehead atoms. The fourth-order valence-corrected chi connectivity index (χ4v) is 3.15. The molecule has 0 saturated carbocycles. The van der Waals surface area contributed by atoms with Crippen molar-refractivity contribution >= 4 is 38.3 Å². The summed E-state index contributed by atoms with van der Waals surface area (Å²) in [5.41, 5.74) is 8.78. The van der Waals surface area contributed by atoms with Crippen LogP contribution in [0.25, 0.3) is 21.7 Å². The number of hydrogen-bond acceptors (Lipinski definition) is 3. The van der Waals surface area contributed by atoms with Gasteiger partial charge in [-0.3, -0.25) is 0 Å². The molecule has 0 aliphatic rings. The number of para-hydroxylation sites is 1. The van der Waals surface area contributed by atoms with Crippen LogP contribution >= 0.6 is 27.3 Å². The number of fused-ring (bicyclic) bond motifs is 1. The molecule has 3 aromatic rings. The zero-order chi connectivity index (χ0) is 11.8. The number of hydrogen-bond donors (Lipinski definition) is 2. The summed E-state index contributed by atoms with van der Waals surface area (Å²) in [6.45, 7) is 0.510. The summed E-state index contributed by atoms with van der Waals surface area (Å²) in [5.74, 6) is 0.900. The first-order chi connectivity index (χ1) is 8.28. The van der Waals surface area contributed by atoms with E-state index in [1.54, 1.807) is 11.3 Å². The van der Waals surface area contributed by atoms with Crippen molar-refractivity contribution in [3.63, 3.8) is 0 Å². The summed E-state index contributed by atoms with van der Waals surface area (Å²) in [6, 6.07) is 10.1. The average molecular weight is 308 g/mol. The topological polar surface area (TPSA) is 54.7 Å². The fourth-order valence-electron chi connectivity index (χ4n) is 1.81. The lowest BCUT2D eigenvalue weighted by molar-refractivity contribution is 1.08. The number of nitrogens with zero attached hydrogens (tertiary/aromatic N) is 1. The van der Waals surface area contributed by atoms with E-state index in [1.165, 1.54) is 0 Å². The van der Waals surface area contributed by atoms with Gasteiger partial charge in [0.2, 0.25) is 0 Å². The van der Waals surface area contributed by atoms with Gasteiger partial charge in [-0.15, -0.1) is 11.3 Å². The quantitative estimate of drug-likeness (QED) is 0.761. The van der Waals surface area contributed by atoms with Crippen LogP contribution in [0.3, 0.4) is 0 Å². The predicted molar refractivity (Wildman–Crippen MR) is 75.0 cm³/mol. The average Bonchev–Trinajstić information content (AvgIpc) is 2.93. The Morgan fingerprint density at radius 3 is 2.88 bits per heavy atom. The van der Waals surface area contributed by atoms with Gasteiger partial charge in [0.15, 0.2) is 0 Å². The van der Waals surface area contributed by atoms with Crippen LogP contribution in [0.2, 0.25) is 0 Å². The Balaban J connectivity index is 2.19. The molecule has 0 fully saturated rings. The molecule has 0 aliphatic carbocycles. The Bertz CT molecular complexity index is 671. The van der Waals surface area contributed by atoms with Crippen LogP contribution in [0.5, 0.6) is 0 Å². The summed E-state index contributed by atoms with van der Waals surface area (Å²) < 4.78 is 1.10. The second kappa shape index (κ2) is 4.25. The van der Waals surface area contributed by atoms with E-state index in [9.17, 15) is 0 Å². The van der Waals surface area contributed by atoms with E-state index in [1.807, 2.05) is 24.3 Å². The first kappa shape index (κ1) is 11.0. The molecule has 17 heavy (non-hydrogen) atoms. The molecule has 0 unspecified atom stereocenters. The van der Waals surface area contributed by atoms with Gasteiger partial charge in [-0.05, 0) is 39.7 Å². The van der Waals surface area contributed by atoms with Crippen molar-refractivity contribution < 1.29 is 0 Å². The Morgan fingerprint density at radius 2 is 2.18 bits per heavy atom. The van der Waals surface area contributed by atoms with Crippen molar-refractivity contribution in [2.75, 3.05) is 0 Å². The van der Waals surface area contributed by atoms with E-state index >= 15 is 0 Å². The van der Waals surface area contributed by atoms with Crippen molar-refractivity contribution in [2.45, 2.75) is 6.54 Å². The fraction of sp³-hybridized carbons (Fsp3) is 0.0833. The number of imidazole rings is 1. The Hall–Kier alpha value is -1.17. The Morgan fingerprint density at radius 1 is 1.29 bits per heavy atom. The maximum Gasteiger partial charge on any atom is 0.148 e. The monoisotopic (exact) mass is 307 g/mol. The molecule has 0 atom stereocenters. The van der Waals surface area contributed by atoms with Gasteiger partial charge in [0.05, 0.1) is 19.7 Å². The lowest BCUT2D eigenvalue weighted by Gasteiger charge is -1.95. The van der Waals surface area contributed by atoms with E-state index in [0.717, 1.165) is 31.1 Å². The van der Waals surface area contributed by atoms with E-state index in [4.69, 9.17) is 5.73 Å². The first-order valence-corrected chi connectivity index (χ1v) is 6.82. The van der Waals surface area contributed by atoms with Gasteiger partial charge in [0.1, 0.15) is 5.82 Å². The van der Waals surface area contributed by atoms with Gasteiger partial charge in [0, 0.05) is 6.54 Å². The molecule has 3 nitrogen and oxygen atoms in total. The molecule has 1 aromatic carbocycles. The molecule has 0 radical (unpaired) electrons. The lowest BCUT2D eigenvalue weighted by atomic mass is 10.2. The van der Waals surface area contributed by atoms with Crippen LogP contribution in [0, 0.1) is 0 Å². The number of aromatic amines is 1. The number of halogens is 1. The molecule has 0 aliphatic heterocycles. The third-order valence-corrected chi connectivity index (χ3v) is 4.25. The highest BCUT2D eigenvalue weighted by atomic mass is 79.9. The molecular formula is C12H10BrN3S. The number of rotatable bonds is 2. The summed E-state index contributed by atoms with van der Waals surface area (Å²) in [4.78, 5) is 9.07. The summed E-state index contributed by atoms with van der Waals surface area (Å²) >= 11 is 5.12. The van der Waals surface area contributed by atoms with Crippen LogP contribution in [0.15, 0.2) is 34.1 Å². The number of H-pyrrole nitrogens is 1. The number of benzene rings is 1. The van der Waals surface area contributed by atoms with E-state index in [2.05, 4.69) is 32.0 Å². The van der Waals surface area contributed by atoms with E-state index in [0.29, 0.717) is 6.54 Å². The van der Waals surface area contributed by atoms with Gasteiger partial charge < -0.3 is 10.7 Å². The molecule has 0 amide bonds. The van der Waals surface area contributed by atoms with E-state index in [-0.39, 0.29) is 0 Å². The smallest absolute Gasteiger partial charge is 0.148 e. The summed E-state index contributed by atoms with van der Waals surface area (Å²) in [5, 5.41) is 0. The standard InChI is InChI=1S/C12H10BrN3S/c13-10-5-4-9(17-10)12-15-8-3-1-2-7(6-14)11(8)16-12/h1-5H,6,14H2,(H,15,16). The molecule has 2 aromatic heterocycles. The number of thiophene rings is 1. The Labute approximate surface area is 111 Å². The second-order valence-electron chi connectivity index (χ2n) is 3.71. The van der Waals surface area contributed by atoms with Crippen LogP contribution in [-0.2, 0) is 6.54 Å². The molecule has 3 N–H and O–H groups in total. The van der Waals surface area contributed by atoms with Crippen LogP contribution in [-0.4, -0.2) is 9.97 Å². The van der Waals surface area contributed by atoms with Gasteiger partial charge in [-0.2, -0.15) is 0 Å². The summed E-state index contributed by atoms with van der Waals surface area (Å²) in [6.07, 6.45) is 0. The minimum absolute atomic E-state index is 0.510. The van der Waals surface area contributed by atoms with Gasteiger partial charge in [-0.25, -0.2) is 4.98 Å². The normalized spacial score (nSPS) is 11.2. The minimum Gasteiger partial charge on any atom is -0.337 e. The zero-order valence-corrected chi connectivity index (χ0v) is 11.3. The summed E-state index contributed by atoms with van der Waals surface area (Å²) in [7, 11) is 0. The first-order valence-electron chi connectivity index (χ1n) is 5.21. The third-order valence-electron chi connectivity index (χ3n) is 2.62. The maximum atomic E-state index is 5.71. The zero-order valence-electron chi connectivity index (χ0n) is 8.90. The second-order valence-corrected chi connectivity index (χ2v) is 6.17. The number of nitrogens with one attached hydrogen (secondary N) is 1. The maximum absolute atomic E-state index is 5.71. The highest BCUT2D eigenvalue weighted by Crippen LogP contribution is 2.31. The SMILES string of the molecule is NCc1cccc2[nH]c(-c3ccc(Br)s3)nc12. The minimum atomic E-state index is 0.510. The molecule has 2 heterocycles. The van der Waals surface area contributed by atoms with Crippen LogP contribution in [0.1, 0.15) is 5.56 Å². The van der Waals surface area contributed by atoms with Crippen molar-refractivity contribution in [2.24, 2.45) is 5.73 Å². The highest BCUT2D eigenvalue weighted by molar-refractivity contribution is 9.11. The third kappa shape index (κ3) is 1.90. The van der Waals surface area contributed by atoms with Crippen molar-refractivity contribution in [1.82, 2.24) is 9.97 Å². The highest BCUT2D eigenvalue weighted by Gasteiger charge is 2.09. The van der Waals surface area contributed by atoms with Gasteiger partial charge in [0.25, 0.3) is 0 Å². The number of aromatic nitrogens is 2. The molecule has 5 heteroatoms. The van der Waals surface area contributed by atoms with E-state index < -0.39 is 0 Å². The molecular weight excluding hydrogens is 298 g/mol. The van der Waals surface area contributed by atoms with Gasteiger partial charge in [-0.1, -0.05) is 12.1 Å². The molecule has 0 spiro atoms. The Kier molecular flexibility index (Phi) is 2.74. The molecule has 3 rings (SSSR count). The molecule has 86 valence electrons. The van der Waals surface area contributed by atoms with Crippen molar-refractivity contribution in [3.8, 4) is 10.7 Å². The molecule has 0 saturated heterocycles. The van der Waals surface area contributed by atoms with Crippen LogP contribution < -0.4 is 5.73 Å².